The van der Waals surface area contributed by atoms with Gasteiger partial charge >= 0.3 is 0 Å². The van der Waals surface area contributed by atoms with Crippen LogP contribution in [0.3, 0.4) is 0 Å². The average molecular weight is 679 g/mol. The average Bonchev–Trinajstić information content (AvgIpc) is 3.69. The zero-order valence-electron chi connectivity index (χ0n) is 29.1. The first kappa shape index (κ1) is 29.7. The molecule has 0 N–H and O–H groups in total. The van der Waals surface area contributed by atoms with Gasteiger partial charge in [-0.05, 0) is 94.7 Å². The molecule has 1 heterocycles. The second-order valence-electron chi connectivity index (χ2n) is 14.8. The zero-order chi connectivity index (χ0) is 34.6. The Hall–Kier alpha value is -6.02. The molecule has 0 spiro atoms. The summed E-state index contributed by atoms with van der Waals surface area (Å²) in [5.41, 5.74) is 13.1. The maximum Gasteiger partial charge on any atom is 0.0437 e. The summed E-state index contributed by atoms with van der Waals surface area (Å²) in [6, 6.07) is 63.1. The Kier molecular flexibility index (Phi) is 6.27. The van der Waals surface area contributed by atoms with Gasteiger partial charge in [0.1, 0.15) is 0 Å². The van der Waals surface area contributed by atoms with Crippen LogP contribution < -0.4 is 0 Å². The normalized spacial score (nSPS) is 13.3. The van der Waals surface area contributed by atoms with Crippen LogP contribution in [0.4, 0.5) is 0 Å². The van der Waals surface area contributed by atoms with Crippen LogP contribution in [0.5, 0.6) is 0 Å². The molecule has 1 aromatic heterocycles. The summed E-state index contributed by atoms with van der Waals surface area (Å²) < 4.78 is 2.77. The van der Waals surface area contributed by atoms with Crippen LogP contribution >= 0.6 is 11.3 Å². The highest BCUT2D eigenvalue weighted by Crippen LogP contribution is 2.57. The molecule has 0 fully saturated rings. The van der Waals surface area contributed by atoms with Crippen molar-refractivity contribution in [2.24, 2.45) is 0 Å². The van der Waals surface area contributed by atoms with E-state index in [1.807, 2.05) is 11.3 Å². The molecule has 0 radical (unpaired) electrons. The molecule has 11 rings (SSSR count). The first-order valence-corrected chi connectivity index (χ1v) is 19.0. The van der Waals surface area contributed by atoms with E-state index in [1.54, 1.807) is 0 Å². The van der Waals surface area contributed by atoms with Crippen LogP contribution in [0, 0.1) is 0 Å². The lowest BCUT2D eigenvalue weighted by atomic mass is 9.79. The Balaban J connectivity index is 1.09. The largest absolute Gasteiger partial charge is 0.135 e. The summed E-state index contributed by atoms with van der Waals surface area (Å²) in [5, 5.41) is 10.6. The molecule has 244 valence electrons. The second kappa shape index (κ2) is 11.0. The van der Waals surface area contributed by atoms with Crippen molar-refractivity contribution in [2.75, 3.05) is 0 Å². The SMILES string of the molecule is CC1(C)c2ccc(-c3ccc(-c4c5ccccc5c(-c5ccccc5)c5ccccc45)cc3)cc2-c2c1c1c3ccccc3sc1c1ccccc21. The van der Waals surface area contributed by atoms with Crippen molar-refractivity contribution in [2.45, 2.75) is 19.3 Å². The van der Waals surface area contributed by atoms with E-state index in [4.69, 9.17) is 0 Å². The molecular weight excluding hydrogens is 645 g/mol. The lowest BCUT2D eigenvalue weighted by Gasteiger charge is -2.23. The van der Waals surface area contributed by atoms with Crippen molar-refractivity contribution in [3.8, 4) is 44.5 Å². The van der Waals surface area contributed by atoms with E-state index >= 15 is 0 Å². The monoisotopic (exact) mass is 678 g/mol. The van der Waals surface area contributed by atoms with Crippen molar-refractivity contribution in [1.29, 1.82) is 0 Å². The Morgan fingerprint density at radius 1 is 0.385 bits per heavy atom. The molecule has 0 unspecified atom stereocenters. The van der Waals surface area contributed by atoms with Crippen LogP contribution in [0.2, 0.25) is 0 Å². The second-order valence-corrected chi connectivity index (χ2v) is 15.8. The van der Waals surface area contributed by atoms with Gasteiger partial charge in [-0.1, -0.05) is 172 Å². The molecule has 0 bridgehead atoms. The van der Waals surface area contributed by atoms with Crippen LogP contribution in [-0.2, 0) is 5.41 Å². The van der Waals surface area contributed by atoms with Crippen molar-refractivity contribution in [3.05, 3.63) is 181 Å². The summed E-state index contributed by atoms with van der Waals surface area (Å²) in [6.45, 7) is 4.84. The molecule has 0 amide bonds. The molecule has 9 aromatic carbocycles. The van der Waals surface area contributed by atoms with Gasteiger partial charge in [-0.2, -0.15) is 0 Å². The molecule has 52 heavy (non-hydrogen) atoms. The lowest BCUT2D eigenvalue weighted by Crippen LogP contribution is -2.15. The number of fused-ring (bicyclic) bond motifs is 12. The number of rotatable bonds is 3. The topological polar surface area (TPSA) is 0 Å². The van der Waals surface area contributed by atoms with Gasteiger partial charge in [0.05, 0.1) is 0 Å². The minimum atomic E-state index is -0.118. The maximum absolute atomic E-state index is 2.46. The fraction of sp³-hybridized carbons (Fsp3) is 0.0588. The molecule has 10 aromatic rings. The number of hydrogen-bond acceptors (Lipinski definition) is 1. The van der Waals surface area contributed by atoms with Crippen LogP contribution in [0.15, 0.2) is 170 Å². The third kappa shape index (κ3) is 4.09. The van der Waals surface area contributed by atoms with E-state index in [0.29, 0.717) is 0 Å². The van der Waals surface area contributed by atoms with Crippen molar-refractivity contribution in [1.82, 2.24) is 0 Å². The maximum atomic E-state index is 2.46. The number of benzene rings is 9. The van der Waals surface area contributed by atoms with Gasteiger partial charge in [-0.3, -0.25) is 0 Å². The minimum Gasteiger partial charge on any atom is -0.135 e. The number of thiophene rings is 1. The predicted molar refractivity (Wildman–Crippen MR) is 226 cm³/mol. The highest BCUT2D eigenvalue weighted by Gasteiger charge is 2.39. The molecular formula is C51H34S. The quantitative estimate of drug-likeness (QED) is 0.163. The van der Waals surface area contributed by atoms with E-state index in [9.17, 15) is 0 Å². The summed E-state index contributed by atoms with van der Waals surface area (Å²) >= 11 is 1.94. The standard InChI is InChI=1S/C51H34S/c1-51(2)43-29-28-34(30-42(43)47-39-20-10-11-21-40(39)50-48(49(47)51)41-22-12-13-23-44(41)52-50)31-24-26-33(27-25-31)46-37-18-8-6-16-35(37)45(32-14-4-3-5-15-32)36-17-7-9-19-38(36)46/h3-30H,1-2H3. The van der Waals surface area contributed by atoms with E-state index in [-0.39, 0.29) is 5.41 Å². The van der Waals surface area contributed by atoms with Gasteiger partial charge in [0, 0.05) is 31.0 Å². The molecule has 1 aliphatic rings. The van der Waals surface area contributed by atoms with Gasteiger partial charge in [0.2, 0.25) is 0 Å². The summed E-state index contributed by atoms with van der Waals surface area (Å²) in [5.74, 6) is 0. The van der Waals surface area contributed by atoms with Crippen LogP contribution in [0.1, 0.15) is 25.0 Å². The first-order valence-electron chi connectivity index (χ1n) is 18.2. The lowest BCUT2D eigenvalue weighted by molar-refractivity contribution is 0.667. The van der Waals surface area contributed by atoms with E-state index in [0.717, 1.165) is 0 Å². The Labute approximate surface area is 307 Å². The predicted octanol–water partition coefficient (Wildman–Crippen LogP) is 14.8. The van der Waals surface area contributed by atoms with E-state index in [2.05, 4.69) is 184 Å². The highest BCUT2D eigenvalue weighted by molar-refractivity contribution is 7.26. The van der Waals surface area contributed by atoms with E-state index < -0.39 is 0 Å². The molecule has 0 nitrogen and oxygen atoms in total. The van der Waals surface area contributed by atoms with Crippen molar-refractivity contribution >= 4 is 63.8 Å². The van der Waals surface area contributed by atoms with Crippen LogP contribution in [-0.4, -0.2) is 0 Å². The molecule has 0 aliphatic heterocycles. The molecule has 0 saturated carbocycles. The third-order valence-corrected chi connectivity index (χ3v) is 12.8. The van der Waals surface area contributed by atoms with E-state index in [1.165, 1.54) is 108 Å². The molecule has 1 heteroatoms. The van der Waals surface area contributed by atoms with Gasteiger partial charge in [0.25, 0.3) is 0 Å². The van der Waals surface area contributed by atoms with Gasteiger partial charge in [0.15, 0.2) is 0 Å². The Morgan fingerprint density at radius 2 is 0.846 bits per heavy atom. The minimum absolute atomic E-state index is 0.118. The summed E-state index contributed by atoms with van der Waals surface area (Å²) in [6.07, 6.45) is 0. The Bertz CT molecular complexity index is 3010. The smallest absolute Gasteiger partial charge is 0.0437 e. The fourth-order valence-electron chi connectivity index (χ4n) is 9.34. The Morgan fingerprint density at radius 3 is 1.46 bits per heavy atom. The number of hydrogen-bond donors (Lipinski definition) is 0. The fourth-order valence-corrected chi connectivity index (χ4v) is 10.6. The van der Waals surface area contributed by atoms with Gasteiger partial charge in [-0.25, -0.2) is 0 Å². The third-order valence-electron chi connectivity index (χ3n) is 11.6. The van der Waals surface area contributed by atoms with Crippen molar-refractivity contribution in [3.63, 3.8) is 0 Å². The molecule has 0 atom stereocenters. The summed E-state index contributed by atoms with van der Waals surface area (Å²) in [7, 11) is 0. The van der Waals surface area contributed by atoms with Crippen LogP contribution in [0.25, 0.3) is 97.0 Å². The molecule has 0 saturated heterocycles. The zero-order valence-corrected chi connectivity index (χ0v) is 29.9. The van der Waals surface area contributed by atoms with Gasteiger partial charge < -0.3 is 0 Å². The molecule has 1 aliphatic carbocycles. The first-order chi connectivity index (χ1) is 25.6. The summed E-state index contributed by atoms with van der Waals surface area (Å²) in [4.78, 5) is 0. The van der Waals surface area contributed by atoms with Gasteiger partial charge in [-0.15, -0.1) is 11.3 Å². The van der Waals surface area contributed by atoms with Crippen molar-refractivity contribution < 1.29 is 0 Å². The highest BCUT2D eigenvalue weighted by atomic mass is 32.1.